The van der Waals surface area contributed by atoms with Gasteiger partial charge in [-0.15, -0.1) is 11.3 Å². The molecule has 6 rings (SSSR count). The van der Waals surface area contributed by atoms with Gasteiger partial charge in [-0.2, -0.15) is 0 Å². The quantitative estimate of drug-likeness (QED) is 0.436. The van der Waals surface area contributed by atoms with Crippen LogP contribution in [0.2, 0.25) is 0 Å². The molecule has 37 heavy (non-hydrogen) atoms. The Morgan fingerprint density at radius 2 is 1.65 bits per heavy atom. The molecule has 192 valence electrons. The van der Waals surface area contributed by atoms with Crippen molar-refractivity contribution in [1.82, 2.24) is 0 Å². The SMILES string of the molecule is COc1cc([C@@H]2c3cc4c(cc3[C@H](OC(=O)c3cccs3)[C@H]3COC(=O)[C@H]23)OCO4)cc(OC)c1OC. The summed E-state index contributed by atoms with van der Waals surface area (Å²) in [6.07, 6.45) is -0.714. The van der Waals surface area contributed by atoms with E-state index in [2.05, 4.69) is 0 Å². The average Bonchev–Trinajstić information content (AvgIpc) is 3.68. The first kappa shape index (κ1) is 23.5. The van der Waals surface area contributed by atoms with Gasteiger partial charge in [0.15, 0.2) is 23.0 Å². The summed E-state index contributed by atoms with van der Waals surface area (Å²) in [5.74, 6) is 0.218. The van der Waals surface area contributed by atoms with Gasteiger partial charge in [-0.25, -0.2) is 4.79 Å². The standard InChI is InChI=1S/C27H24O9S/c1-30-19-7-13(8-20(31-2)25(19)32-3)22-14-9-17-18(35-12-34-17)10-15(14)24(16-11-33-27(29)23(16)22)36-26(28)21-5-4-6-37-21/h4-10,16,22-24H,11-12H2,1-3H3/t16-,22+,23-,24-/m0/s1. The number of rotatable bonds is 6. The Balaban J connectivity index is 1.54. The average molecular weight is 525 g/mol. The van der Waals surface area contributed by atoms with Gasteiger partial charge in [0.25, 0.3) is 0 Å². The number of methoxy groups -OCH3 is 3. The molecule has 2 aliphatic heterocycles. The minimum atomic E-state index is -0.714. The zero-order chi connectivity index (χ0) is 25.7. The van der Waals surface area contributed by atoms with E-state index in [9.17, 15) is 9.59 Å². The molecule has 0 saturated carbocycles. The predicted molar refractivity (Wildman–Crippen MR) is 131 cm³/mol. The van der Waals surface area contributed by atoms with Crippen LogP contribution in [0.1, 0.15) is 38.4 Å². The Morgan fingerprint density at radius 1 is 0.946 bits per heavy atom. The number of ether oxygens (including phenoxy) is 7. The molecule has 10 heteroatoms. The summed E-state index contributed by atoms with van der Waals surface area (Å²) in [6.45, 7) is 0.211. The molecule has 2 aromatic carbocycles. The third-order valence-electron chi connectivity index (χ3n) is 7.12. The van der Waals surface area contributed by atoms with Crippen molar-refractivity contribution in [3.05, 3.63) is 63.3 Å². The van der Waals surface area contributed by atoms with E-state index in [1.54, 1.807) is 26.4 Å². The number of hydrogen-bond donors (Lipinski definition) is 0. The molecule has 1 aliphatic carbocycles. The van der Waals surface area contributed by atoms with Gasteiger partial charge in [-0.3, -0.25) is 4.79 Å². The first-order valence-electron chi connectivity index (χ1n) is 11.7. The van der Waals surface area contributed by atoms with Gasteiger partial charge < -0.3 is 33.2 Å². The molecule has 3 aliphatic rings. The number of hydrogen-bond acceptors (Lipinski definition) is 10. The molecule has 0 N–H and O–H groups in total. The second-order valence-electron chi connectivity index (χ2n) is 8.89. The first-order valence-corrected chi connectivity index (χ1v) is 12.6. The molecule has 3 heterocycles. The second-order valence-corrected chi connectivity index (χ2v) is 9.84. The van der Waals surface area contributed by atoms with Crippen molar-refractivity contribution in [1.29, 1.82) is 0 Å². The van der Waals surface area contributed by atoms with Crippen LogP contribution in [0.25, 0.3) is 0 Å². The van der Waals surface area contributed by atoms with E-state index in [0.29, 0.717) is 33.6 Å². The van der Waals surface area contributed by atoms with Gasteiger partial charge in [0.1, 0.15) is 11.0 Å². The van der Waals surface area contributed by atoms with Crippen LogP contribution in [0.15, 0.2) is 41.8 Å². The lowest BCUT2D eigenvalue weighted by Crippen LogP contribution is -2.36. The molecule has 9 nitrogen and oxygen atoms in total. The van der Waals surface area contributed by atoms with Crippen LogP contribution in [0.4, 0.5) is 0 Å². The monoisotopic (exact) mass is 524 g/mol. The molecule has 1 fully saturated rings. The molecule has 0 radical (unpaired) electrons. The van der Waals surface area contributed by atoms with E-state index in [0.717, 1.165) is 16.7 Å². The number of cyclic esters (lactones) is 1. The zero-order valence-corrected chi connectivity index (χ0v) is 21.2. The van der Waals surface area contributed by atoms with Gasteiger partial charge in [-0.1, -0.05) is 6.07 Å². The van der Waals surface area contributed by atoms with Gasteiger partial charge in [0, 0.05) is 17.4 Å². The maximum atomic E-state index is 13.2. The molecule has 1 aromatic heterocycles. The fourth-order valence-corrected chi connectivity index (χ4v) is 6.12. The van der Waals surface area contributed by atoms with Crippen LogP contribution in [-0.2, 0) is 14.3 Å². The Labute approximate surface area is 216 Å². The van der Waals surface area contributed by atoms with E-state index >= 15 is 0 Å². The van der Waals surface area contributed by atoms with E-state index in [1.807, 2.05) is 29.6 Å². The Hall–Kier alpha value is -3.92. The third kappa shape index (κ3) is 3.74. The topological polar surface area (TPSA) is 98.8 Å². The van der Waals surface area contributed by atoms with Crippen molar-refractivity contribution in [2.24, 2.45) is 11.8 Å². The Bertz CT molecular complexity index is 1340. The number of carbonyl (C=O) groups is 2. The maximum absolute atomic E-state index is 13.2. The Morgan fingerprint density at radius 3 is 2.27 bits per heavy atom. The highest BCUT2D eigenvalue weighted by Crippen LogP contribution is 2.56. The number of benzene rings is 2. The normalized spacial score (nSPS) is 23.1. The van der Waals surface area contributed by atoms with Crippen molar-refractivity contribution in [3.8, 4) is 28.7 Å². The zero-order valence-electron chi connectivity index (χ0n) is 20.3. The lowest BCUT2D eigenvalue weighted by Gasteiger charge is -2.38. The predicted octanol–water partition coefficient (Wildman–Crippen LogP) is 4.34. The summed E-state index contributed by atoms with van der Waals surface area (Å²) >= 11 is 1.30. The highest BCUT2D eigenvalue weighted by molar-refractivity contribution is 7.11. The number of esters is 2. The van der Waals surface area contributed by atoms with Crippen LogP contribution in [-0.4, -0.2) is 46.7 Å². The molecular formula is C27H24O9S. The fourth-order valence-electron chi connectivity index (χ4n) is 5.51. The van der Waals surface area contributed by atoms with Crippen molar-refractivity contribution >= 4 is 23.3 Å². The Kier molecular flexibility index (Phi) is 5.83. The van der Waals surface area contributed by atoms with Crippen molar-refractivity contribution in [2.75, 3.05) is 34.7 Å². The molecule has 0 bridgehead atoms. The van der Waals surface area contributed by atoms with Crippen molar-refractivity contribution in [2.45, 2.75) is 12.0 Å². The van der Waals surface area contributed by atoms with Gasteiger partial charge >= 0.3 is 11.9 Å². The molecular weight excluding hydrogens is 500 g/mol. The second kappa shape index (κ2) is 9.19. The van der Waals surface area contributed by atoms with Gasteiger partial charge in [-0.05, 0) is 46.8 Å². The van der Waals surface area contributed by atoms with Crippen molar-refractivity contribution in [3.63, 3.8) is 0 Å². The lowest BCUT2D eigenvalue weighted by atomic mass is 9.66. The minimum Gasteiger partial charge on any atom is -0.493 e. The molecule has 3 aromatic rings. The molecule has 0 amide bonds. The lowest BCUT2D eigenvalue weighted by molar-refractivity contribution is -0.141. The highest BCUT2D eigenvalue weighted by atomic mass is 32.1. The van der Waals surface area contributed by atoms with Crippen molar-refractivity contribution < 1.29 is 42.7 Å². The summed E-state index contributed by atoms with van der Waals surface area (Å²) < 4.78 is 39.6. The van der Waals surface area contributed by atoms with E-state index in [4.69, 9.17) is 33.2 Å². The largest absolute Gasteiger partial charge is 0.493 e. The number of carbonyl (C=O) groups excluding carboxylic acids is 2. The van der Waals surface area contributed by atoms with Crippen LogP contribution < -0.4 is 23.7 Å². The van der Waals surface area contributed by atoms with Gasteiger partial charge in [0.05, 0.1) is 33.9 Å². The van der Waals surface area contributed by atoms with Crippen LogP contribution in [0.3, 0.4) is 0 Å². The van der Waals surface area contributed by atoms with E-state index in [-0.39, 0.29) is 19.4 Å². The summed E-state index contributed by atoms with van der Waals surface area (Å²) in [6, 6.07) is 10.9. The number of thiophene rings is 1. The summed E-state index contributed by atoms with van der Waals surface area (Å²) in [4.78, 5) is 26.7. The van der Waals surface area contributed by atoms with Crippen LogP contribution >= 0.6 is 11.3 Å². The minimum absolute atomic E-state index is 0.0849. The maximum Gasteiger partial charge on any atom is 0.348 e. The van der Waals surface area contributed by atoms with Gasteiger partial charge in [0.2, 0.25) is 12.5 Å². The molecule has 4 atom stereocenters. The van der Waals surface area contributed by atoms with E-state index < -0.39 is 29.8 Å². The smallest absolute Gasteiger partial charge is 0.348 e. The third-order valence-corrected chi connectivity index (χ3v) is 7.97. The summed E-state index contributed by atoms with van der Waals surface area (Å²) in [7, 11) is 4.62. The summed E-state index contributed by atoms with van der Waals surface area (Å²) in [5, 5.41) is 1.81. The van der Waals surface area contributed by atoms with E-state index in [1.165, 1.54) is 18.4 Å². The summed E-state index contributed by atoms with van der Waals surface area (Å²) in [5.41, 5.74) is 2.29. The highest BCUT2D eigenvalue weighted by Gasteiger charge is 2.54. The van der Waals surface area contributed by atoms with Crippen LogP contribution in [0, 0.1) is 11.8 Å². The molecule has 1 saturated heterocycles. The fraction of sp³-hybridized carbons (Fsp3) is 0.333. The number of fused-ring (bicyclic) bond motifs is 3. The molecule has 0 unspecified atom stereocenters. The molecule has 0 spiro atoms. The van der Waals surface area contributed by atoms with Crippen LogP contribution in [0.5, 0.6) is 28.7 Å². The first-order chi connectivity index (χ1) is 18.0.